The topological polar surface area (TPSA) is 29.1 Å². The van der Waals surface area contributed by atoms with Gasteiger partial charge in [0.15, 0.2) is 0 Å². The number of hydrogen-bond acceptors (Lipinski definition) is 1. The summed E-state index contributed by atoms with van der Waals surface area (Å²) in [6.07, 6.45) is 3.92. The molecule has 0 spiro atoms. The summed E-state index contributed by atoms with van der Waals surface area (Å²) in [4.78, 5) is 12.0. The van der Waals surface area contributed by atoms with Crippen molar-refractivity contribution in [2.24, 2.45) is 5.41 Å². The van der Waals surface area contributed by atoms with E-state index in [4.69, 9.17) is 0 Å². The van der Waals surface area contributed by atoms with E-state index in [0.717, 1.165) is 32.2 Å². The van der Waals surface area contributed by atoms with Crippen molar-refractivity contribution in [3.8, 4) is 0 Å². The highest BCUT2D eigenvalue weighted by molar-refractivity contribution is 5.83. The summed E-state index contributed by atoms with van der Waals surface area (Å²) in [5.74, 6) is 0.241. The van der Waals surface area contributed by atoms with Gasteiger partial charge in [0.1, 0.15) is 0 Å². The highest BCUT2D eigenvalue weighted by Crippen LogP contribution is 2.34. The lowest BCUT2D eigenvalue weighted by Crippen LogP contribution is -2.46. The molecule has 1 saturated heterocycles. The first-order chi connectivity index (χ1) is 7.77. The number of benzene rings is 1. The van der Waals surface area contributed by atoms with Crippen LogP contribution in [0.5, 0.6) is 0 Å². The number of piperidine rings is 1. The van der Waals surface area contributed by atoms with Crippen LogP contribution in [0, 0.1) is 5.41 Å². The molecular weight excluding hydrogens is 198 g/mol. The quantitative estimate of drug-likeness (QED) is 0.828. The zero-order valence-electron chi connectivity index (χ0n) is 9.83. The molecule has 0 saturated carbocycles. The average Bonchev–Trinajstić information content (AvgIpc) is 2.34. The van der Waals surface area contributed by atoms with Crippen molar-refractivity contribution >= 4 is 5.91 Å². The van der Waals surface area contributed by atoms with Crippen molar-refractivity contribution in [2.45, 2.75) is 32.6 Å². The number of hydrogen-bond donors (Lipinski definition) is 1. The van der Waals surface area contributed by atoms with Crippen molar-refractivity contribution < 1.29 is 4.79 Å². The van der Waals surface area contributed by atoms with E-state index in [1.165, 1.54) is 5.56 Å². The van der Waals surface area contributed by atoms with Crippen molar-refractivity contribution in [3.63, 3.8) is 0 Å². The van der Waals surface area contributed by atoms with Crippen molar-refractivity contribution in [1.82, 2.24) is 5.32 Å². The van der Waals surface area contributed by atoms with Crippen LogP contribution in [0.15, 0.2) is 30.3 Å². The fourth-order valence-electron chi connectivity index (χ4n) is 2.55. The standard InChI is InChI=1S/C14H19NO/c1-2-14(9-6-10-15-13(14)16)11-12-7-4-3-5-8-12/h3-5,7-8H,2,6,9-11H2,1H3,(H,15,16)/t14-/m1/s1. The van der Waals surface area contributed by atoms with Gasteiger partial charge in [0.05, 0.1) is 5.41 Å². The largest absolute Gasteiger partial charge is 0.356 e. The van der Waals surface area contributed by atoms with Crippen LogP contribution in [0.3, 0.4) is 0 Å². The van der Waals surface area contributed by atoms with Crippen LogP contribution in [-0.4, -0.2) is 12.5 Å². The Morgan fingerprint density at radius 2 is 2.06 bits per heavy atom. The van der Waals surface area contributed by atoms with E-state index in [1.807, 2.05) is 18.2 Å². The SMILES string of the molecule is CC[C@]1(Cc2ccccc2)CCCNC1=O. The number of amides is 1. The maximum absolute atomic E-state index is 12.0. The molecule has 2 rings (SSSR count). The minimum absolute atomic E-state index is 0.167. The summed E-state index contributed by atoms with van der Waals surface area (Å²) < 4.78 is 0. The minimum Gasteiger partial charge on any atom is -0.356 e. The molecule has 1 heterocycles. The van der Waals surface area contributed by atoms with E-state index >= 15 is 0 Å². The minimum atomic E-state index is -0.167. The smallest absolute Gasteiger partial charge is 0.226 e. The zero-order valence-corrected chi connectivity index (χ0v) is 9.83. The molecule has 0 aliphatic carbocycles. The fraction of sp³-hybridized carbons (Fsp3) is 0.500. The van der Waals surface area contributed by atoms with Gasteiger partial charge in [-0.15, -0.1) is 0 Å². The number of nitrogens with one attached hydrogen (secondary N) is 1. The number of carbonyl (C=O) groups is 1. The molecule has 16 heavy (non-hydrogen) atoms. The van der Waals surface area contributed by atoms with Gasteiger partial charge in [-0.05, 0) is 31.2 Å². The molecule has 1 aliphatic rings. The van der Waals surface area contributed by atoms with Crippen LogP contribution in [0.1, 0.15) is 31.7 Å². The van der Waals surface area contributed by atoms with Gasteiger partial charge in [-0.25, -0.2) is 0 Å². The second-order valence-electron chi connectivity index (χ2n) is 4.66. The number of carbonyl (C=O) groups excluding carboxylic acids is 1. The first kappa shape index (κ1) is 11.2. The average molecular weight is 217 g/mol. The molecule has 1 aromatic carbocycles. The Labute approximate surface area is 97.1 Å². The van der Waals surface area contributed by atoms with Gasteiger partial charge in [0, 0.05) is 6.54 Å². The Balaban J connectivity index is 2.18. The second kappa shape index (κ2) is 4.69. The van der Waals surface area contributed by atoms with Gasteiger partial charge < -0.3 is 5.32 Å². The molecule has 1 amide bonds. The highest BCUT2D eigenvalue weighted by atomic mass is 16.2. The monoisotopic (exact) mass is 217 g/mol. The van der Waals surface area contributed by atoms with E-state index in [-0.39, 0.29) is 11.3 Å². The maximum Gasteiger partial charge on any atom is 0.226 e. The molecule has 86 valence electrons. The van der Waals surface area contributed by atoms with Gasteiger partial charge in [-0.2, -0.15) is 0 Å². The summed E-state index contributed by atoms with van der Waals surface area (Å²) in [7, 11) is 0. The molecule has 2 heteroatoms. The lowest BCUT2D eigenvalue weighted by molar-refractivity contribution is -0.133. The predicted octanol–water partition coefficient (Wildman–Crippen LogP) is 2.54. The molecule has 1 atom stereocenters. The lowest BCUT2D eigenvalue weighted by atomic mass is 9.73. The van der Waals surface area contributed by atoms with Crippen LogP contribution in [0.25, 0.3) is 0 Å². The summed E-state index contributed by atoms with van der Waals surface area (Å²) >= 11 is 0. The third-order valence-electron chi connectivity index (χ3n) is 3.66. The molecule has 1 N–H and O–H groups in total. The predicted molar refractivity (Wildman–Crippen MR) is 65.1 cm³/mol. The summed E-state index contributed by atoms with van der Waals surface area (Å²) in [5.41, 5.74) is 1.10. The van der Waals surface area contributed by atoms with Crippen LogP contribution in [0.2, 0.25) is 0 Å². The van der Waals surface area contributed by atoms with Crippen molar-refractivity contribution in [1.29, 1.82) is 0 Å². The Hall–Kier alpha value is -1.31. The fourth-order valence-corrected chi connectivity index (χ4v) is 2.55. The van der Waals surface area contributed by atoms with Crippen LogP contribution < -0.4 is 5.32 Å². The molecule has 1 fully saturated rings. The van der Waals surface area contributed by atoms with Crippen LogP contribution >= 0.6 is 0 Å². The Kier molecular flexibility index (Phi) is 3.28. The highest BCUT2D eigenvalue weighted by Gasteiger charge is 2.38. The van der Waals surface area contributed by atoms with Gasteiger partial charge in [-0.3, -0.25) is 4.79 Å². The van der Waals surface area contributed by atoms with Gasteiger partial charge in [0.2, 0.25) is 5.91 Å². The first-order valence-electron chi connectivity index (χ1n) is 6.09. The Morgan fingerprint density at radius 3 is 2.69 bits per heavy atom. The van der Waals surface area contributed by atoms with Crippen LogP contribution in [-0.2, 0) is 11.2 Å². The molecule has 2 nitrogen and oxygen atoms in total. The Morgan fingerprint density at radius 1 is 1.31 bits per heavy atom. The third-order valence-corrected chi connectivity index (χ3v) is 3.66. The summed E-state index contributed by atoms with van der Waals surface area (Å²) in [6.45, 7) is 2.96. The third kappa shape index (κ3) is 2.11. The molecule has 0 bridgehead atoms. The maximum atomic E-state index is 12.0. The second-order valence-corrected chi connectivity index (χ2v) is 4.66. The summed E-state index contributed by atoms with van der Waals surface area (Å²) in [5, 5.41) is 3.01. The van der Waals surface area contributed by atoms with E-state index < -0.39 is 0 Å². The number of rotatable bonds is 3. The zero-order chi connectivity index (χ0) is 11.4. The molecule has 0 unspecified atom stereocenters. The molecular formula is C14H19NO. The van der Waals surface area contributed by atoms with Gasteiger partial charge >= 0.3 is 0 Å². The molecule has 0 radical (unpaired) electrons. The van der Waals surface area contributed by atoms with Crippen molar-refractivity contribution in [3.05, 3.63) is 35.9 Å². The molecule has 1 aliphatic heterocycles. The van der Waals surface area contributed by atoms with E-state index in [2.05, 4.69) is 24.4 Å². The van der Waals surface area contributed by atoms with E-state index in [9.17, 15) is 4.79 Å². The van der Waals surface area contributed by atoms with Gasteiger partial charge in [0.25, 0.3) is 0 Å². The van der Waals surface area contributed by atoms with Crippen molar-refractivity contribution in [2.75, 3.05) is 6.54 Å². The summed E-state index contributed by atoms with van der Waals surface area (Å²) in [6, 6.07) is 10.3. The van der Waals surface area contributed by atoms with E-state index in [0.29, 0.717) is 0 Å². The van der Waals surface area contributed by atoms with Crippen LogP contribution in [0.4, 0.5) is 0 Å². The van der Waals surface area contributed by atoms with Gasteiger partial charge in [-0.1, -0.05) is 37.3 Å². The van der Waals surface area contributed by atoms with E-state index in [1.54, 1.807) is 0 Å². The lowest BCUT2D eigenvalue weighted by Gasteiger charge is -2.35. The normalized spacial score (nSPS) is 25.2. The molecule has 0 aromatic heterocycles. The molecule has 1 aromatic rings. The first-order valence-corrected chi connectivity index (χ1v) is 6.09. The Bertz CT molecular complexity index is 360.